The fourth-order valence-electron chi connectivity index (χ4n) is 5.72. The Labute approximate surface area is 207 Å². The molecule has 1 heterocycles. The average molecular weight is 491 g/mol. The molecule has 0 radical (unpaired) electrons. The molecule has 0 aromatic heterocycles. The van der Waals surface area contributed by atoms with E-state index < -0.39 is 14.8 Å². The van der Waals surface area contributed by atoms with Crippen LogP contribution in [0.1, 0.15) is 78.6 Å². The van der Waals surface area contributed by atoms with Gasteiger partial charge in [-0.3, -0.25) is 4.90 Å². The Morgan fingerprint density at radius 1 is 0.853 bits per heavy atom. The molecule has 0 atom stereocenters. The van der Waals surface area contributed by atoms with Gasteiger partial charge in [-0.05, 0) is 89.5 Å². The summed E-state index contributed by atoms with van der Waals surface area (Å²) in [6, 6.07) is 9.86. The number of nitrogens with zero attached hydrogens (tertiary/aromatic N) is 2. The first-order valence-electron chi connectivity index (χ1n) is 13.6. The molecule has 7 heteroatoms. The lowest BCUT2D eigenvalue weighted by Crippen LogP contribution is -2.50. The summed E-state index contributed by atoms with van der Waals surface area (Å²) >= 11 is 0. The molecule has 1 aliphatic heterocycles. The van der Waals surface area contributed by atoms with Crippen LogP contribution in [0.3, 0.4) is 0 Å². The summed E-state index contributed by atoms with van der Waals surface area (Å²) in [4.78, 5) is 5.26. The number of hydrogen-bond acceptors (Lipinski definition) is 5. The third kappa shape index (κ3) is 6.67. The second kappa shape index (κ2) is 11.2. The van der Waals surface area contributed by atoms with Crippen LogP contribution in [-0.2, 0) is 10.0 Å². The van der Waals surface area contributed by atoms with Gasteiger partial charge < -0.3 is 10.2 Å². The zero-order chi connectivity index (χ0) is 24.2. The molecule has 2 aliphatic carbocycles. The van der Waals surface area contributed by atoms with Gasteiger partial charge in [0, 0.05) is 56.2 Å². The van der Waals surface area contributed by atoms with Crippen LogP contribution in [-0.4, -0.2) is 62.9 Å². The topological polar surface area (TPSA) is 64.7 Å². The van der Waals surface area contributed by atoms with Gasteiger partial charge in [0.25, 0.3) is 0 Å². The Bertz CT molecular complexity index is 859. The van der Waals surface area contributed by atoms with E-state index in [1.54, 1.807) is 20.8 Å². The van der Waals surface area contributed by atoms with Crippen LogP contribution in [0.25, 0.3) is 0 Å². The molecule has 0 amide bonds. The van der Waals surface area contributed by atoms with Crippen LogP contribution in [0.15, 0.2) is 24.3 Å². The van der Waals surface area contributed by atoms with Crippen molar-refractivity contribution in [1.82, 2.24) is 9.62 Å². The van der Waals surface area contributed by atoms with Crippen molar-refractivity contribution in [3.05, 3.63) is 24.3 Å². The molecule has 0 spiro atoms. The standard InChI is InChI=1S/C27H46N4O2S/c1-27(2,3)34(32,33)29-24-11-9-22(10-12-24)21-28-23-13-15-26(16-14-23)31-19-17-30(18-20-31)25-7-5-4-6-8-25/h13-16,22,24-25,28-29H,4-12,17-21H2,1-3H3/t22-,24-. The Kier molecular flexibility index (Phi) is 8.47. The summed E-state index contributed by atoms with van der Waals surface area (Å²) in [7, 11) is -3.26. The minimum Gasteiger partial charge on any atom is -0.385 e. The summed E-state index contributed by atoms with van der Waals surface area (Å²) in [6.07, 6.45) is 11.0. The quantitative estimate of drug-likeness (QED) is 0.573. The van der Waals surface area contributed by atoms with Crippen LogP contribution in [0.4, 0.5) is 11.4 Å². The fourth-order valence-corrected chi connectivity index (χ4v) is 6.75. The van der Waals surface area contributed by atoms with Gasteiger partial charge in [0.1, 0.15) is 0 Å². The van der Waals surface area contributed by atoms with Gasteiger partial charge in [0.2, 0.25) is 10.0 Å². The maximum absolute atomic E-state index is 12.4. The van der Waals surface area contributed by atoms with Crippen molar-refractivity contribution in [2.75, 3.05) is 42.9 Å². The third-order valence-electron chi connectivity index (χ3n) is 8.21. The van der Waals surface area contributed by atoms with E-state index >= 15 is 0 Å². The zero-order valence-electron chi connectivity index (χ0n) is 21.6. The fraction of sp³-hybridized carbons (Fsp3) is 0.778. The minimum atomic E-state index is -3.26. The molecule has 3 aliphatic rings. The molecule has 4 rings (SSSR count). The van der Waals surface area contributed by atoms with E-state index in [1.165, 1.54) is 56.6 Å². The average Bonchev–Trinajstić information content (AvgIpc) is 2.84. The molecular weight excluding hydrogens is 444 g/mol. The monoisotopic (exact) mass is 490 g/mol. The first-order chi connectivity index (χ1) is 16.2. The zero-order valence-corrected chi connectivity index (χ0v) is 22.4. The van der Waals surface area contributed by atoms with Crippen molar-refractivity contribution in [2.24, 2.45) is 5.92 Å². The number of benzene rings is 1. The Morgan fingerprint density at radius 2 is 1.47 bits per heavy atom. The Morgan fingerprint density at radius 3 is 2.06 bits per heavy atom. The minimum absolute atomic E-state index is 0.0818. The maximum Gasteiger partial charge on any atom is 0.216 e. The van der Waals surface area contributed by atoms with E-state index in [-0.39, 0.29) is 6.04 Å². The highest BCUT2D eigenvalue weighted by atomic mass is 32.2. The van der Waals surface area contributed by atoms with E-state index in [0.29, 0.717) is 5.92 Å². The van der Waals surface area contributed by atoms with Crippen LogP contribution in [0, 0.1) is 5.92 Å². The molecule has 1 aromatic carbocycles. The lowest BCUT2D eigenvalue weighted by molar-refractivity contribution is 0.148. The summed E-state index contributed by atoms with van der Waals surface area (Å²) in [5, 5.41) is 3.62. The SMILES string of the molecule is CC(C)(C)S(=O)(=O)N[C@H]1CC[C@H](CNc2ccc(N3CCN(C4CCCCC4)CC3)cc2)CC1. The highest BCUT2D eigenvalue weighted by molar-refractivity contribution is 7.90. The molecule has 1 aromatic rings. The lowest BCUT2D eigenvalue weighted by Gasteiger charge is -2.41. The molecule has 192 valence electrons. The van der Waals surface area contributed by atoms with Crippen LogP contribution in [0.5, 0.6) is 0 Å². The number of sulfonamides is 1. The van der Waals surface area contributed by atoms with E-state index in [2.05, 4.69) is 44.1 Å². The summed E-state index contributed by atoms with van der Waals surface area (Å²) in [6.45, 7) is 10.9. The molecule has 2 saturated carbocycles. The van der Waals surface area contributed by atoms with Crippen LogP contribution in [0.2, 0.25) is 0 Å². The van der Waals surface area contributed by atoms with Crippen molar-refractivity contribution >= 4 is 21.4 Å². The highest BCUT2D eigenvalue weighted by Crippen LogP contribution is 2.28. The maximum atomic E-state index is 12.4. The van der Waals surface area contributed by atoms with Crippen LogP contribution >= 0.6 is 0 Å². The summed E-state index contributed by atoms with van der Waals surface area (Å²) in [5.41, 5.74) is 2.51. The molecular formula is C27H46N4O2S. The number of piperazine rings is 1. The van der Waals surface area contributed by atoms with Gasteiger partial charge in [-0.15, -0.1) is 0 Å². The van der Waals surface area contributed by atoms with Gasteiger partial charge in [0.05, 0.1) is 4.75 Å². The largest absolute Gasteiger partial charge is 0.385 e. The summed E-state index contributed by atoms with van der Waals surface area (Å²) in [5.74, 6) is 0.600. The highest BCUT2D eigenvalue weighted by Gasteiger charge is 2.32. The van der Waals surface area contributed by atoms with Gasteiger partial charge in [-0.1, -0.05) is 19.3 Å². The van der Waals surface area contributed by atoms with Gasteiger partial charge >= 0.3 is 0 Å². The van der Waals surface area contributed by atoms with Gasteiger partial charge in [0.15, 0.2) is 0 Å². The normalized spacial score (nSPS) is 25.9. The predicted octanol–water partition coefficient (Wildman–Crippen LogP) is 4.83. The lowest BCUT2D eigenvalue weighted by atomic mass is 9.86. The number of rotatable bonds is 7. The second-order valence-electron chi connectivity index (χ2n) is 11.7. The third-order valence-corrected chi connectivity index (χ3v) is 10.5. The van der Waals surface area contributed by atoms with Crippen LogP contribution < -0.4 is 14.9 Å². The van der Waals surface area contributed by atoms with E-state index in [1.807, 2.05) is 0 Å². The number of anilines is 2. The molecule has 2 N–H and O–H groups in total. The molecule has 1 saturated heterocycles. The van der Waals surface area contributed by atoms with Crippen molar-refractivity contribution in [2.45, 2.75) is 95.4 Å². The van der Waals surface area contributed by atoms with E-state index in [0.717, 1.165) is 51.4 Å². The molecule has 6 nitrogen and oxygen atoms in total. The van der Waals surface area contributed by atoms with E-state index in [9.17, 15) is 8.42 Å². The molecule has 3 fully saturated rings. The molecule has 0 bridgehead atoms. The van der Waals surface area contributed by atoms with Crippen molar-refractivity contribution in [3.8, 4) is 0 Å². The first-order valence-corrected chi connectivity index (χ1v) is 15.0. The van der Waals surface area contributed by atoms with E-state index in [4.69, 9.17) is 0 Å². The smallest absolute Gasteiger partial charge is 0.216 e. The first kappa shape index (κ1) is 25.8. The number of nitrogens with one attached hydrogen (secondary N) is 2. The van der Waals surface area contributed by atoms with Crippen molar-refractivity contribution < 1.29 is 8.42 Å². The summed E-state index contributed by atoms with van der Waals surface area (Å²) < 4.78 is 27.0. The Hall–Kier alpha value is -1.31. The van der Waals surface area contributed by atoms with Crippen molar-refractivity contribution in [1.29, 1.82) is 0 Å². The number of hydrogen-bond donors (Lipinski definition) is 2. The Balaban J connectivity index is 1.17. The second-order valence-corrected chi connectivity index (χ2v) is 14.2. The molecule has 0 unspecified atom stereocenters. The van der Waals surface area contributed by atoms with Crippen molar-refractivity contribution in [3.63, 3.8) is 0 Å². The van der Waals surface area contributed by atoms with Gasteiger partial charge in [-0.2, -0.15) is 0 Å². The molecule has 34 heavy (non-hydrogen) atoms. The van der Waals surface area contributed by atoms with Gasteiger partial charge in [-0.25, -0.2) is 13.1 Å². The predicted molar refractivity (Wildman–Crippen MR) is 143 cm³/mol.